The number of thiophene rings is 2. The van der Waals surface area contributed by atoms with E-state index >= 15 is 0 Å². The summed E-state index contributed by atoms with van der Waals surface area (Å²) < 4.78 is 57.6. The van der Waals surface area contributed by atoms with Crippen LogP contribution in [0.5, 0.6) is 0 Å². The Morgan fingerprint density at radius 3 is 1.36 bits per heavy atom. The summed E-state index contributed by atoms with van der Waals surface area (Å²) in [7, 11) is -8.13. The second kappa shape index (κ2) is 12.0. The first-order valence-electron chi connectivity index (χ1n) is 19.1. The Hall–Kier alpha value is -5.52. The van der Waals surface area contributed by atoms with Crippen LogP contribution in [-0.2, 0) is 30.5 Å². The summed E-state index contributed by atoms with van der Waals surface area (Å²) in [4.78, 5) is 4.96. The lowest BCUT2D eigenvalue weighted by Crippen LogP contribution is -2.32. The summed E-state index contributed by atoms with van der Waals surface area (Å²) in [5, 5.41) is 1.07. The van der Waals surface area contributed by atoms with Crippen molar-refractivity contribution in [2.45, 2.75) is 58.1 Å². The maximum Gasteiger partial charge on any atom is 0.209 e. The van der Waals surface area contributed by atoms with Crippen LogP contribution in [0.25, 0.3) is 19.8 Å². The molecule has 0 atom stereocenters. The largest absolute Gasteiger partial charge is 0.306 e. The summed E-state index contributed by atoms with van der Waals surface area (Å²) >= 11 is 3.32. The van der Waals surface area contributed by atoms with Crippen LogP contribution in [0.2, 0.25) is 0 Å². The molecule has 0 aliphatic carbocycles. The zero-order valence-electron chi connectivity index (χ0n) is 32.0. The van der Waals surface area contributed by atoms with Crippen molar-refractivity contribution in [3.8, 4) is 10.4 Å². The standard InChI is InChI=1S/C48H36N2O4S4/c1-47(2)30-15-5-9-19-34(30)49(35-20-10-6-16-31(35)47)44-45-39(56-46(44)50-36-21-11-7-17-32(36)48(3,4)33-18-8-12-22-37(33)50)28-38(55-45)29-25-26-42-43(27-29)58(53,54)41-24-14-13-23-40(41)57(42,51)52/h5-28H,1-4H3. The van der Waals surface area contributed by atoms with Crippen molar-refractivity contribution in [1.82, 2.24) is 0 Å². The van der Waals surface area contributed by atoms with Gasteiger partial charge in [0.05, 0.1) is 57.4 Å². The summed E-state index contributed by atoms with van der Waals surface area (Å²) in [6, 6.07) is 47.4. The molecule has 0 amide bonds. The molecule has 6 aromatic carbocycles. The highest BCUT2D eigenvalue weighted by atomic mass is 32.2. The van der Waals surface area contributed by atoms with Gasteiger partial charge in [-0.15, -0.1) is 22.7 Å². The van der Waals surface area contributed by atoms with Crippen LogP contribution in [-0.4, -0.2) is 16.8 Å². The molecule has 0 spiro atoms. The molecule has 5 heterocycles. The van der Waals surface area contributed by atoms with Gasteiger partial charge in [-0.2, -0.15) is 0 Å². The molecule has 10 heteroatoms. The van der Waals surface area contributed by atoms with Crippen LogP contribution in [0.15, 0.2) is 165 Å². The Bertz CT molecular complexity index is 3200. The minimum Gasteiger partial charge on any atom is -0.306 e. The second-order valence-corrected chi connectivity index (χ2v) is 22.0. The van der Waals surface area contributed by atoms with Crippen molar-refractivity contribution < 1.29 is 16.8 Å². The van der Waals surface area contributed by atoms with Crippen molar-refractivity contribution in [2.75, 3.05) is 9.80 Å². The van der Waals surface area contributed by atoms with Gasteiger partial charge in [0.1, 0.15) is 5.00 Å². The van der Waals surface area contributed by atoms with E-state index in [1.54, 1.807) is 46.9 Å². The number of hydrogen-bond acceptors (Lipinski definition) is 8. The summed E-state index contributed by atoms with van der Waals surface area (Å²) in [5.41, 5.74) is 10.6. The number of sulfone groups is 2. The third-order valence-corrected chi connectivity index (χ3v) is 18.7. The van der Waals surface area contributed by atoms with Crippen molar-refractivity contribution >= 4 is 85.2 Å². The fraction of sp³-hybridized carbons (Fsp3) is 0.125. The van der Waals surface area contributed by atoms with Crippen molar-refractivity contribution in [3.63, 3.8) is 0 Å². The van der Waals surface area contributed by atoms with Gasteiger partial charge >= 0.3 is 0 Å². The third kappa shape index (κ3) is 4.68. The molecule has 0 saturated carbocycles. The van der Waals surface area contributed by atoms with Gasteiger partial charge in [-0.1, -0.05) is 119 Å². The Balaban J connectivity index is 1.19. The van der Waals surface area contributed by atoms with E-state index in [0.717, 1.165) is 47.7 Å². The highest BCUT2D eigenvalue weighted by Gasteiger charge is 2.43. The Labute approximate surface area is 346 Å². The van der Waals surface area contributed by atoms with Gasteiger partial charge in [0.15, 0.2) is 0 Å². The maximum absolute atomic E-state index is 14.0. The Kier molecular flexibility index (Phi) is 7.38. The van der Waals surface area contributed by atoms with Crippen LogP contribution in [0.1, 0.15) is 49.9 Å². The molecule has 0 radical (unpaired) electrons. The van der Waals surface area contributed by atoms with Gasteiger partial charge in [0.2, 0.25) is 19.7 Å². The molecule has 3 aliphatic rings. The van der Waals surface area contributed by atoms with E-state index in [-0.39, 0.29) is 30.4 Å². The smallest absolute Gasteiger partial charge is 0.209 e. The van der Waals surface area contributed by atoms with Gasteiger partial charge in [-0.25, -0.2) is 16.8 Å². The summed E-state index contributed by atoms with van der Waals surface area (Å²) in [6.07, 6.45) is 0. The van der Waals surface area contributed by atoms with E-state index in [1.165, 1.54) is 40.5 Å². The molecule has 0 saturated heterocycles. The van der Waals surface area contributed by atoms with Crippen molar-refractivity contribution in [1.29, 1.82) is 0 Å². The Morgan fingerprint density at radius 1 is 0.448 bits per heavy atom. The zero-order chi connectivity index (χ0) is 39.9. The molecule has 6 nitrogen and oxygen atoms in total. The highest BCUT2D eigenvalue weighted by molar-refractivity contribution is 7.97. The molecule has 0 N–H and O–H groups in total. The van der Waals surface area contributed by atoms with Crippen molar-refractivity contribution in [3.05, 3.63) is 168 Å². The zero-order valence-corrected chi connectivity index (χ0v) is 35.3. The first-order chi connectivity index (χ1) is 27.8. The van der Waals surface area contributed by atoms with E-state index in [9.17, 15) is 16.8 Å². The van der Waals surface area contributed by atoms with Crippen LogP contribution in [0.4, 0.5) is 33.4 Å². The second-order valence-electron chi connectivity index (χ2n) is 16.2. The first-order valence-corrected chi connectivity index (χ1v) is 23.7. The van der Waals surface area contributed by atoms with Gasteiger partial charge < -0.3 is 4.90 Å². The van der Waals surface area contributed by atoms with E-state index in [1.807, 2.05) is 0 Å². The normalized spacial score (nSPS) is 17.4. The molecule has 8 aromatic rings. The molecule has 3 aliphatic heterocycles. The summed E-state index contributed by atoms with van der Waals surface area (Å²) in [5.74, 6) is 0. The van der Waals surface area contributed by atoms with E-state index in [4.69, 9.17) is 0 Å². The number of anilines is 6. The van der Waals surface area contributed by atoms with E-state index in [0.29, 0.717) is 5.56 Å². The molecule has 286 valence electrons. The molecule has 0 unspecified atom stereocenters. The number of hydrogen-bond donors (Lipinski definition) is 0. The number of fused-ring (bicyclic) bond motifs is 7. The van der Waals surface area contributed by atoms with E-state index in [2.05, 4.69) is 141 Å². The maximum atomic E-state index is 14.0. The van der Waals surface area contributed by atoms with E-state index < -0.39 is 19.7 Å². The lowest BCUT2D eigenvalue weighted by molar-refractivity contribution is 0.570. The van der Waals surface area contributed by atoms with Crippen LogP contribution >= 0.6 is 22.7 Å². The van der Waals surface area contributed by atoms with Gasteiger partial charge in [0, 0.05) is 15.7 Å². The van der Waals surface area contributed by atoms with Crippen LogP contribution < -0.4 is 9.80 Å². The first kappa shape index (κ1) is 35.6. The number of benzene rings is 6. The predicted octanol–water partition coefficient (Wildman–Crippen LogP) is 12.8. The highest BCUT2D eigenvalue weighted by Crippen LogP contribution is 2.63. The number of para-hydroxylation sites is 4. The quantitative estimate of drug-likeness (QED) is 0.176. The minimum atomic E-state index is -4.10. The van der Waals surface area contributed by atoms with Gasteiger partial charge in [-0.3, -0.25) is 4.90 Å². The molecular formula is C48H36N2O4S4. The monoisotopic (exact) mass is 832 g/mol. The Morgan fingerprint density at radius 2 is 0.862 bits per heavy atom. The minimum absolute atomic E-state index is 0.182. The molecule has 0 bridgehead atoms. The number of nitrogens with zero attached hydrogens (tertiary/aromatic N) is 2. The van der Waals surface area contributed by atoms with Crippen molar-refractivity contribution in [2.24, 2.45) is 0 Å². The topological polar surface area (TPSA) is 74.8 Å². The fourth-order valence-electron chi connectivity index (χ4n) is 9.38. The molecule has 58 heavy (non-hydrogen) atoms. The SMILES string of the molecule is CC1(C)c2ccccc2N(c2sc3cc(-c4ccc5c(c4)S(=O)(=O)c4ccccc4S5(=O)=O)sc3c2N2c3ccccc3C(C)(C)c3ccccc32)c2ccccc21. The van der Waals surface area contributed by atoms with Gasteiger partial charge in [0.25, 0.3) is 0 Å². The van der Waals surface area contributed by atoms with Crippen LogP contribution in [0, 0.1) is 0 Å². The lowest BCUT2D eigenvalue weighted by atomic mass is 9.73. The molecule has 0 fully saturated rings. The molecular weight excluding hydrogens is 797 g/mol. The average molecular weight is 833 g/mol. The number of rotatable bonds is 3. The lowest BCUT2D eigenvalue weighted by Gasteiger charge is -2.44. The fourth-order valence-corrected chi connectivity index (χ4v) is 16.2. The third-order valence-electron chi connectivity index (χ3n) is 12.3. The molecule has 11 rings (SSSR count). The summed E-state index contributed by atoms with van der Waals surface area (Å²) in [6.45, 7) is 9.17. The average Bonchev–Trinajstić information content (AvgIpc) is 3.80. The van der Waals surface area contributed by atoms with Gasteiger partial charge in [-0.05, 0) is 82.4 Å². The molecule has 2 aromatic heterocycles. The predicted molar refractivity (Wildman–Crippen MR) is 236 cm³/mol. The van der Waals surface area contributed by atoms with Crippen LogP contribution in [0.3, 0.4) is 0 Å².